The average Bonchev–Trinajstić information content (AvgIpc) is 3.30. The second-order valence-corrected chi connectivity index (χ2v) is 7.53. The summed E-state index contributed by atoms with van der Waals surface area (Å²) in [6, 6.07) is 12.4. The number of aromatic nitrogens is 1. The molecule has 6 heteroatoms. The highest BCUT2D eigenvalue weighted by atomic mass is 16.2. The number of urea groups is 1. The van der Waals surface area contributed by atoms with Gasteiger partial charge < -0.3 is 15.5 Å². The van der Waals surface area contributed by atoms with E-state index in [1.165, 1.54) is 18.4 Å². The lowest BCUT2D eigenvalue weighted by molar-refractivity contribution is 0.240. The number of pyridine rings is 1. The van der Waals surface area contributed by atoms with Gasteiger partial charge in [-0.15, -0.1) is 0 Å². The Bertz CT molecular complexity index is 750. The number of anilines is 1. The molecule has 2 aromatic rings. The molecule has 3 rings (SSSR count). The van der Waals surface area contributed by atoms with Crippen LogP contribution >= 0.6 is 0 Å². The van der Waals surface area contributed by atoms with Gasteiger partial charge in [-0.3, -0.25) is 4.90 Å². The van der Waals surface area contributed by atoms with Crippen LogP contribution in [0.15, 0.2) is 42.6 Å². The molecule has 156 valence electrons. The van der Waals surface area contributed by atoms with Gasteiger partial charge in [0.2, 0.25) is 0 Å². The van der Waals surface area contributed by atoms with Crippen molar-refractivity contribution in [3.05, 3.63) is 59.3 Å². The molecule has 1 aromatic carbocycles. The predicted molar refractivity (Wildman–Crippen MR) is 118 cm³/mol. The molecule has 1 aliphatic rings. The zero-order valence-corrected chi connectivity index (χ0v) is 17.7. The first-order valence-electron chi connectivity index (χ1n) is 10.7. The molecule has 1 aliphatic heterocycles. The third kappa shape index (κ3) is 6.46. The van der Waals surface area contributed by atoms with Crippen LogP contribution in [0.5, 0.6) is 0 Å². The number of carbonyl (C=O) groups is 1. The summed E-state index contributed by atoms with van der Waals surface area (Å²) < 4.78 is 0. The van der Waals surface area contributed by atoms with Gasteiger partial charge in [-0.05, 0) is 48.7 Å². The number of nitrogens with one attached hydrogen (secondary N) is 2. The summed E-state index contributed by atoms with van der Waals surface area (Å²) in [5, 5.41) is 5.82. The fourth-order valence-corrected chi connectivity index (χ4v) is 3.55. The lowest BCUT2D eigenvalue weighted by Crippen LogP contribution is -2.34. The van der Waals surface area contributed by atoms with E-state index in [1.807, 2.05) is 18.3 Å². The van der Waals surface area contributed by atoms with Crippen molar-refractivity contribution in [1.29, 1.82) is 0 Å². The van der Waals surface area contributed by atoms with Crippen molar-refractivity contribution in [2.24, 2.45) is 0 Å². The fraction of sp³-hybridized carbons (Fsp3) is 0.478. The minimum Gasteiger partial charge on any atom is -0.357 e. The van der Waals surface area contributed by atoms with Gasteiger partial charge >= 0.3 is 6.03 Å². The summed E-state index contributed by atoms with van der Waals surface area (Å²) >= 11 is 0. The van der Waals surface area contributed by atoms with Gasteiger partial charge in [0.15, 0.2) is 0 Å². The van der Waals surface area contributed by atoms with E-state index in [0.717, 1.165) is 49.7 Å². The van der Waals surface area contributed by atoms with Crippen LogP contribution in [0.4, 0.5) is 10.6 Å². The van der Waals surface area contributed by atoms with Crippen LogP contribution < -0.4 is 15.5 Å². The molecule has 0 bridgehead atoms. The molecule has 1 aromatic heterocycles. The van der Waals surface area contributed by atoms with Gasteiger partial charge in [-0.2, -0.15) is 0 Å². The third-order valence-corrected chi connectivity index (χ3v) is 5.47. The van der Waals surface area contributed by atoms with E-state index in [1.54, 1.807) is 0 Å². The molecule has 2 amide bonds. The Kier molecular flexibility index (Phi) is 7.87. The minimum atomic E-state index is -0.166. The molecule has 0 atom stereocenters. The summed E-state index contributed by atoms with van der Waals surface area (Å²) in [6.45, 7) is 10.6. The Balaban J connectivity index is 1.39. The van der Waals surface area contributed by atoms with Crippen LogP contribution in [0.2, 0.25) is 0 Å². The maximum Gasteiger partial charge on any atom is 0.315 e. The molecular weight excluding hydrogens is 362 g/mol. The van der Waals surface area contributed by atoms with Crippen LogP contribution in [0.3, 0.4) is 0 Å². The molecule has 1 fully saturated rings. The van der Waals surface area contributed by atoms with Crippen LogP contribution in [-0.4, -0.2) is 42.1 Å². The number of benzene rings is 1. The van der Waals surface area contributed by atoms with Crippen LogP contribution in [0.1, 0.15) is 43.4 Å². The van der Waals surface area contributed by atoms with Crippen LogP contribution in [-0.2, 0) is 19.6 Å². The number of rotatable bonds is 9. The van der Waals surface area contributed by atoms with E-state index in [-0.39, 0.29) is 6.03 Å². The number of nitrogens with zero attached hydrogens (tertiary/aromatic N) is 3. The van der Waals surface area contributed by atoms with E-state index in [9.17, 15) is 4.79 Å². The van der Waals surface area contributed by atoms with E-state index >= 15 is 0 Å². The van der Waals surface area contributed by atoms with Crippen molar-refractivity contribution in [1.82, 2.24) is 20.5 Å². The number of carbonyl (C=O) groups excluding carboxylic acids is 1. The Labute approximate surface area is 174 Å². The summed E-state index contributed by atoms with van der Waals surface area (Å²) in [7, 11) is 0. The Morgan fingerprint density at radius 1 is 0.931 bits per heavy atom. The molecule has 6 nitrogen and oxygen atoms in total. The topological polar surface area (TPSA) is 60.5 Å². The van der Waals surface area contributed by atoms with Crippen molar-refractivity contribution >= 4 is 11.8 Å². The molecule has 0 unspecified atom stereocenters. The zero-order valence-electron chi connectivity index (χ0n) is 17.7. The first-order chi connectivity index (χ1) is 14.2. The molecule has 0 spiro atoms. The van der Waals surface area contributed by atoms with E-state index in [2.05, 4.69) is 63.5 Å². The second kappa shape index (κ2) is 10.8. The van der Waals surface area contributed by atoms with Crippen LogP contribution in [0.25, 0.3) is 0 Å². The summed E-state index contributed by atoms with van der Waals surface area (Å²) in [5.41, 5.74) is 3.40. The smallest absolute Gasteiger partial charge is 0.315 e. The highest BCUT2D eigenvalue weighted by molar-refractivity contribution is 5.73. The highest BCUT2D eigenvalue weighted by Gasteiger charge is 2.13. The lowest BCUT2D eigenvalue weighted by atomic mass is 10.1. The van der Waals surface area contributed by atoms with Gasteiger partial charge in [-0.1, -0.05) is 44.2 Å². The Morgan fingerprint density at radius 2 is 1.52 bits per heavy atom. The average molecular weight is 396 g/mol. The van der Waals surface area contributed by atoms with Crippen molar-refractivity contribution in [3.63, 3.8) is 0 Å². The van der Waals surface area contributed by atoms with Gasteiger partial charge in [0.05, 0.1) is 0 Å². The maximum absolute atomic E-state index is 12.1. The van der Waals surface area contributed by atoms with Crippen molar-refractivity contribution in [3.8, 4) is 0 Å². The SMILES string of the molecule is CCN(CC)Cc1ccc(CNC(=O)NCc2ccc(N3CCCC3)nc2)cc1. The third-order valence-electron chi connectivity index (χ3n) is 5.47. The monoisotopic (exact) mass is 395 g/mol. The molecule has 0 aliphatic carbocycles. The predicted octanol–water partition coefficient (Wildman–Crippen LogP) is 3.52. The molecule has 0 saturated carbocycles. The fourth-order valence-electron chi connectivity index (χ4n) is 3.55. The minimum absolute atomic E-state index is 0.166. The quantitative estimate of drug-likeness (QED) is 0.682. The molecule has 2 N–H and O–H groups in total. The highest BCUT2D eigenvalue weighted by Crippen LogP contribution is 2.17. The van der Waals surface area contributed by atoms with Gasteiger partial charge in [-0.25, -0.2) is 9.78 Å². The normalized spacial score (nSPS) is 13.7. The maximum atomic E-state index is 12.1. The van der Waals surface area contributed by atoms with E-state index in [0.29, 0.717) is 13.1 Å². The van der Waals surface area contributed by atoms with E-state index < -0.39 is 0 Å². The van der Waals surface area contributed by atoms with Crippen molar-refractivity contribution in [2.75, 3.05) is 31.1 Å². The summed E-state index contributed by atoms with van der Waals surface area (Å²) in [4.78, 5) is 21.3. The first-order valence-corrected chi connectivity index (χ1v) is 10.7. The van der Waals surface area contributed by atoms with E-state index in [4.69, 9.17) is 0 Å². The number of hydrogen-bond donors (Lipinski definition) is 2. The molecule has 1 saturated heterocycles. The summed E-state index contributed by atoms with van der Waals surface area (Å²) in [5.74, 6) is 1.03. The summed E-state index contributed by atoms with van der Waals surface area (Å²) in [6.07, 6.45) is 4.33. The molecule has 2 heterocycles. The van der Waals surface area contributed by atoms with Gasteiger partial charge in [0, 0.05) is 38.9 Å². The largest absolute Gasteiger partial charge is 0.357 e. The standard InChI is InChI=1S/C23H33N5O/c1-3-27(4-2)18-20-9-7-19(8-10-20)15-25-23(29)26-17-21-11-12-22(24-16-21)28-13-5-6-14-28/h7-12,16H,3-6,13-15,17-18H2,1-2H3,(H2,25,26,29). The lowest BCUT2D eigenvalue weighted by Gasteiger charge is -2.18. The Hall–Kier alpha value is -2.60. The van der Waals surface area contributed by atoms with Crippen molar-refractivity contribution in [2.45, 2.75) is 46.3 Å². The molecular formula is C23H33N5O. The number of hydrogen-bond acceptors (Lipinski definition) is 4. The van der Waals surface area contributed by atoms with Gasteiger partial charge in [0.1, 0.15) is 5.82 Å². The number of amides is 2. The molecule has 0 radical (unpaired) electrons. The van der Waals surface area contributed by atoms with Gasteiger partial charge in [0.25, 0.3) is 0 Å². The Morgan fingerprint density at radius 3 is 2.10 bits per heavy atom. The zero-order chi connectivity index (χ0) is 20.5. The molecule has 29 heavy (non-hydrogen) atoms. The van der Waals surface area contributed by atoms with Crippen molar-refractivity contribution < 1.29 is 4.79 Å². The second-order valence-electron chi connectivity index (χ2n) is 7.53. The van der Waals surface area contributed by atoms with Crippen LogP contribution in [0, 0.1) is 0 Å². The first kappa shape index (κ1) is 21.1.